The highest BCUT2D eigenvalue weighted by molar-refractivity contribution is 7.98. The van der Waals surface area contributed by atoms with Gasteiger partial charge in [-0.1, -0.05) is 6.07 Å². The van der Waals surface area contributed by atoms with Crippen molar-refractivity contribution in [3.8, 4) is 0 Å². The SMILES string of the molecule is CSc1ccc(NC(=O)Cc2cccs2)nn1. The number of nitrogens with one attached hydrogen (secondary N) is 1. The molecule has 0 aliphatic heterocycles. The Labute approximate surface area is 107 Å². The van der Waals surface area contributed by atoms with Crippen LogP contribution in [0.5, 0.6) is 0 Å². The van der Waals surface area contributed by atoms with Crippen molar-refractivity contribution in [2.45, 2.75) is 11.4 Å². The first-order valence-electron chi connectivity index (χ1n) is 4.98. The number of carbonyl (C=O) groups is 1. The summed E-state index contributed by atoms with van der Waals surface area (Å²) in [6.45, 7) is 0. The second kappa shape index (κ2) is 5.79. The summed E-state index contributed by atoms with van der Waals surface area (Å²) in [6.07, 6.45) is 2.31. The minimum Gasteiger partial charge on any atom is -0.309 e. The Balaban J connectivity index is 1.93. The second-order valence-corrected chi connectivity index (χ2v) is 5.12. The van der Waals surface area contributed by atoms with Crippen molar-refractivity contribution in [1.29, 1.82) is 0 Å². The average molecular weight is 265 g/mol. The summed E-state index contributed by atoms with van der Waals surface area (Å²) < 4.78 is 0. The van der Waals surface area contributed by atoms with Crippen LogP contribution >= 0.6 is 23.1 Å². The molecule has 0 bridgehead atoms. The van der Waals surface area contributed by atoms with E-state index >= 15 is 0 Å². The molecule has 0 spiro atoms. The number of aromatic nitrogens is 2. The van der Waals surface area contributed by atoms with E-state index in [-0.39, 0.29) is 5.91 Å². The van der Waals surface area contributed by atoms with Crippen LogP contribution in [0.1, 0.15) is 4.88 Å². The second-order valence-electron chi connectivity index (χ2n) is 3.27. The van der Waals surface area contributed by atoms with Crippen LogP contribution in [0.3, 0.4) is 0 Å². The van der Waals surface area contributed by atoms with Crippen LogP contribution in [-0.4, -0.2) is 22.4 Å². The van der Waals surface area contributed by atoms with E-state index in [1.165, 1.54) is 11.8 Å². The molecule has 0 radical (unpaired) electrons. The highest BCUT2D eigenvalue weighted by Crippen LogP contribution is 2.13. The first-order valence-corrected chi connectivity index (χ1v) is 7.08. The maximum atomic E-state index is 11.7. The minimum absolute atomic E-state index is 0.0707. The largest absolute Gasteiger partial charge is 0.309 e. The molecule has 0 saturated heterocycles. The van der Waals surface area contributed by atoms with Gasteiger partial charge >= 0.3 is 0 Å². The van der Waals surface area contributed by atoms with Crippen molar-refractivity contribution >= 4 is 34.8 Å². The van der Waals surface area contributed by atoms with Crippen LogP contribution in [0, 0.1) is 0 Å². The van der Waals surface area contributed by atoms with Crippen LogP contribution in [0.2, 0.25) is 0 Å². The van der Waals surface area contributed by atoms with E-state index in [0.717, 1.165) is 9.90 Å². The van der Waals surface area contributed by atoms with Gasteiger partial charge in [0.05, 0.1) is 6.42 Å². The van der Waals surface area contributed by atoms with Crippen LogP contribution in [0.25, 0.3) is 0 Å². The molecule has 0 aromatic carbocycles. The molecule has 0 fully saturated rings. The molecule has 0 aliphatic rings. The van der Waals surface area contributed by atoms with Crippen LogP contribution in [0.15, 0.2) is 34.7 Å². The standard InChI is InChI=1S/C11H11N3OS2/c1-16-11-5-4-9(13-14-11)12-10(15)7-8-3-2-6-17-8/h2-6H,7H2,1H3,(H,12,13,15). The summed E-state index contributed by atoms with van der Waals surface area (Å²) in [5, 5.41) is 13.4. The number of anilines is 1. The highest BCUT2D eigenvalue weighted by Gasteiger charge is 2.05. The smallest absolute Gasteiger partial charge is 0.230 e. The average Bonchev–Trinajstić information content (AvgIpc) is 2.82. The van der Waals surface area contributed by atoms with Gasteiger partial charge in [-0.2, -0.15) is 0 Å². The summed E-state index contributed by atoms with van der Waals surface area (Å²) in [5.74, 6) is 0.419. The zero-order valence-corrected chi connectivity index (χ0v) is 10.8. The molecule has 2 rings (SSSR count). The number of hydrogen-bond donors (Lipinski definition) is 1. The fourth-order valence-corrected chi connectivity index (χ4v) is 2.28. The molecule has 2 aromatic rings. The summed E-state index contributed by atoms with van der Waals surface area (Å²) >= 11 is 3.08. The lowest BCUT2D eigenvalue weighted by Crippen LogP contribution is -2.15. The molecule has 1 N–H and O–H groups in total. The zero-order chi connectivity index (χ0) is 12.1. The Hall–Kier alpha value is -1.40. The number of amides is 1. The third-order valence-corrected chi connectivity index (χ3v) is 3.54. The lowest BCUT2D eigenvalue weighted by Gasteiger charge is -2.02. The third-order valence-electron chi connectivity index (χ3n) is 2.03. The van der Waals surface area contributed by atoms with Crippen molar-refractivity contribution in [2.24, 2.45) is 0 Å². The highest BCUT2D eigenvalue weighted by atomic mass is 32.2. The molecule has 1 amide bonds. The molecular formula is C11H11N3OS2. The molecule has 2 heterocycles. The Kier molecular flexibility index (Phi) is 4.11. The number of thiophene rings is 1. The van der Waals surface area contributed by atoms with Crippen molar-refractivity contribution in [3.63, 3.8) is 0 Å². The number of thioether (sulfide) groups is 1. The van der Waals surface area contributed by atoms with Crippen LogP contribution in [-0.2, 0) is 11.2 Å². The lowest BCUT2D eigenvalue weighted by molar-refractivity contribution is -0.115. The number of rotatable bonds is 4. The first-order chi connectivity index (χ1) is 8.28. The van der Waals surface area contributed by atoms with Gasteiger partial charge < -0.3 is 5.32 Å². The van der Waals surface area contributed by atoms with Gasteiger partial charge in [-0.25, -0.2) is 0 Å². The monoisotopic (exact) mass is 265 g/mol. The van der Waals surface area contributed by atoms with Gasteiger partial charge in [0.15, 0.2) is 5.82 Å². The number of hydrogen-bond acceptors (Lipinski definition) is 5. The summed E-state index contributed by atoms with van der Waals surface area (Å²) in [7, 11) is 0. The molecule has 6 heteroatoms. The fourth-order valence-electron chi connectivity index (χ4n) is 1.25. The van der Waals surface area contributed by atoms with Crippen LogP contribution < -0.4 is 5.32 Å². The molecule has 0 atom stereocenters. The van der Waals surface area contributed by atoms with Gasteiger partial charge in [0, 0.05) is 4.88 Å². The van der Waals surface area contributed by atoms with Crippen molar-refractivity contribution < 1.29 is 4.79 Å². The lowest BCUT2D eigenvalue weighted by atomic mass is 10.3. The van der Waals surface area contributed by atoms with Gasteiger partial charge in [0.25, 0.3) is 0 Å². The topological polar surface area (TPSA) is 54.9 Å². The van der Waals surface area contributed by atoms with Crippen molar-refractivity contribution in [3.05, 3.63) is 34.5 Å². The molecule has 0 saturated carbocycles. The van der Waals surface area contributed by atoms with Crippen molar-refractivity contribution in [2.75, 3.05) is 11.6 Å². The molecule has 4 nitrogen and oxygen atoms in total. The number of nitrogens with zero attached hydrogens (tertiary/aromatic N) is 2. The molecule has 0 aliphatic carbocycles. The fraction of sp³-hybridized carbons (Fsp3) is 0.182. The zero-order valence-electron chi connectivity index (χ0n) is 9.21. The van der Waals surface area contributed by atoms with Gasteiger partial charge in [-0.15, -0.1) is 33.3 Å². The van der Waals surface area contributed by atoms with E-state index in [1.54, 1.807) is 17.4 Å². The normalized spacial score (nSPS) is 10.2. The van der Waals surface area contributed by atoms with Gasteiger partial charge in [-0.05, 0) is 29.8 Å². The summed E-state index contributed by atoms with van der Waals surface area (Å²) in [5.41, 5.74) is 0. The maximum Gasteiger partial charge on any atom is 0.230 e. The van der Waals surface area contributed by atoms with Gasteiger partial charge in [0.1, 0.15) is 5.03 Å². The predicted octanol–water partition coefficient (Wildman–Crippen LogP) is 2.44. The third kappa shape index (κ3) is 3.54. The predicted molar refractivity (Wildman–Crippen MR) is 70.5 cm³/mol. The molecule has 0 unspecified atom stereocenters. The molecular weight excluding hydrogens is 254 g/mol. The minimum atomic E-state index is -0.0707. The Morgan fingerprint density at radius 2 is 2.29 bits per heavy atom. The summed E-state index contributed by atoms with van der Waals surface area (Å²) in [4.78, 5) is 12.7. The molecule has 88 valence electrons. The first kappa shape index (κ1) is 12.1. The Morgan fingerprint density at radius 3 is 2.88 bits per heavy atom. The Morgan fingerprint density at radius 1 is 1.41 bits per heavy atom. The van der Waals surface area contributed by atoms with E-state index in [4.69, 9.17) is 0 Å². The molecule has 2 aromatic heterocycles. The van der Waals surface area contributed by atoms with Crippen LogP contribution in [0.4, 0.5) is 5.82 Å². The van der Waals surface area contributed by atoms with Gasteiger partial charge in [0.2, 0.25) is 5.91 Å². The van der Waals surface area contributed by atoms with E-state index in [0.29, 0.717) is 12.2 Å². The van der Waals surface area contributed by atoms with E-state index in [2.05, 4.69) is 15.5 Å². The molecule has 17 heavy (non-hydrogen) atoms. The van der Waals surface area contributed by atoms with Gasteiger partial charge in [-0.3, -0.25) is 4.79 Å². The maximum absolute atomic E-state index is 11.7. The van der Waals surface area contributed by atoms with E-state index < -0.39 is 0 Å². The summed E-state index contributed by atoms with van der Waals surface area (Å²) in [6, 6.07) is 7.46. The van der Waals surface area contributed by atoms with E-state index in [1.807, 2.05) is 29.8 Å². The van der Waals surface area contributed by atoms with E-state index in [9.17, 15) is 4.79 Å². The quantitative estimate of drug-likeness (QED) is 0.863. The van der Waals surface area contributed by atoms with Crippen molar-refractivity contribution in [1.82, 2.24) is 10.2 Å². The Bertz CT molecular complexity index is 482. The number of carbonyl (C=O) groups excluding carboxylic acids is 1.